The molecular weight excluding hydrogens is 126 g/mol. The molecule has 1 N–H and O–H groups in total. The lowest BCUT2D eigenvalue weighted by molar-refractivity contribution is 0.389. The highest BCUT2D eigenvalue weighted by atomic mass is 15.5. The zero-order chi connectivity index (χ0) is 8.15. The van der Waals surface area contributed by atoms with E-state index in [4.69, 9.17) is 0 Å². The Labute approximate surface area is 63.1 Å². The Morgan fingerprint density at radius 1 is 1.50 bits per heavy atom. The lowest BCUT2D eigenvalue weighted by atomic mass is 10.2. The third-order valence-corrected chi connectivity index (χ3v) is 1.42. The first-order valence-corrected chi connectivity index (χ1v) is 3.51. The SMILES string of the molecule is CN=C(C(C)C)N(C)NC. The van der Waals surface area contributed by atoms with E-state index in [1.807, 2.05) is 26.2 Å². The van der Waals surface area contributed by atoms with Gasteiger partial charge in [0, 0.05) is 27.1 Å². The van der Waals surface area contributed by atoms with E-state index in [0.29, 0.717) is 5.92 Å². The van der Waals surface area contributed by atoms with Crippen LogP contribution in [0.25, 0.3) is 0 Å². The average Bonchev–Trinajstić information content (AvgIpc) is 1.88. The van der Waals surface area contributed by atoms with Crippen LogP contribution in [0.5, 0.6) is 0 Å². The fourth-order valence-corrected chi connectivity index (χ4v) is 0.910. The molecule has 0 bridgehead atoms. The molecule has 60 valence electrons. The number of nitrogens with one attached hydrogen (secondary N) is 1. The lowest BCUT2D eigenvalue weighted by Crippen LogP contribution is -2.39. The van der Waals surface area contributed by atoms with Crippen molar-refractivity contribution in [3.8, 4) is 0 Å². The Morgan fingerprint density at radius 2 is 2.00 bits per heavy atom. The molecule has 0 unspecified atom stereocenters. The van der Waals surface area contributed by atoms with Gasteiger partial charge in [0.25, 0.3) is 0 Å². The van der Waals surface area contributed by atoms with Crippen LogP contribution in [0, 0.1) is 5.92 Å². The summed E-state index contributed by atoms with van der Waals surface area (Å²) in [6, 6.07) is 0. The molecule has 0 aliphatic carbocycles. The molecule has 0 fully saturated rings. The number of nitrogens with zero attached hydrogens (tertiary/aromatic N) is 2. The Hall–Kier alpha value is -0.570. The molecule has 0 atom stereocenters. The molecule has 0 spiro atoms. The Kier molecular flexibility index (Phi) is 4.03. The van der Waals surface area contributed by atoms with Gasteiger partial charge in [0.05, 0.1) is 0 Å². The number of aliphatic imine (C=N–C) groups is 1. The molecule has 10 heavy (non-hydrogen) atoms. The summed E-state index contributed by atoms with van der Waals surface area (Å²) in [5.74, 6) is 1.55. The lowest BCUT2D eigenvalue weighted by Gasteiger charge is -2.21. The molecule has 0 aromatic heterocycles. The Morgan fingerprint density at radius 3 is 2.10 bits per heavy atom. The van der Waals surface area contributed by atoms with Crippen LogP contribution in [-0.2, 0) is 0 Å². The van der Waals surface area contributed by atoms with Crippen molar-refractivity contribution in [2.24, 2.45) is 10.9 Å². The summed E-state index contributed by atoms with van der Waals surface area (Å²) < 4.78 is 0. The fourth-order valence-electron chi connectivity index (χ4n) is 0.910. The maximum atomic E-state index is 4.14. The summed E-state index contributed by atoms with van der Waals surface area (Å²) in [6.07, 6.45) is 0. The van der Waals surface area contributed by atoms with E-state index in [9.17, 15) is 0 Å². The maximum absolute atomic E-state index is 4.14. The van der Waals surface area contributed by atoms with Gasteiger partial charge in [0.15, 0.2) is 0 Å². The van der Waals surface area contributed by atoms with Gasteiger partial charge in [-0.15, -0.1) is 0 Å². The second-order valence-electron chi connectivity index (χ2n) is 2.52. The number of amidine groups is 1. The van der Waals surface area contributed by atoms with Gasteiger partial charge >= 0.3 is 0 Å². The predicted molar refractivity (Wildman–Crippen MR) is 45.0 cm³/mol. The van der Waals surface area contributed by atoms with Gasteiger partial charge in [-0.3, -0.25) is 10.0 Å². The third kappa shape index (κ3) is 2.35. The van der Waals surface area contributed by atoms with Crippen molar-refractivity contribution in [3.05, 3.63) is 0 Å². The molecule has 0 aliphatic rings. The molecule has 0 aliphatic heterocycles. The molecule has 3 nitrogen and oxygen atoms in total. The van der Waals surface area contributed by atoms with Crippen molar-refractivity contribution in [1.82, 2.24) is 10.4 Å². The first kappa shape index (κ1) is 9.43. The second kappa shape index (κ2) is 4.28. The summed E-state index contributed by atoms with van der Waals surface area (Å²) in [5.41, 5.74) is 3.00. The molecule has 0 amide bonds. The zero-order valence-corrected chi connectivity index (χ0v) is 7.47. The van der Waals surface area contributed by atoms with Crippen molar-refractivity contribution in [3.63, 3.8) is 0 Å². The summed E-state index contributed by atoms with van der Waals surface area (Å²) >= 11 is 0. The van der Waals surface area contributed by atoms with E-state index in [1.165, 1.54) is 0 Å². The van der Waals surface area contributed by atoms with Crippen molar-refractivity contribution in [2.75, 3.05) is 21.1 Å². The minimum atomic E-state index is 0.474. The zero-order valence-electron chi connectivity index (χ0n) is 7.47. The Balaban J connectivity index is 4.08. The highest BCUT2D eigenvalue weighted by molar-refractivity contribution is 5.83. The number of rotatable bonds is 2. The first-order chi connectivity index (χ1) is 4.63. The molecule has 0 aromatic carbocycles. The first-order valence-electron chi connectivity index (χ1n) is 3.51. The quantitative estimate of drug-likeness (QED) is 0.351. The minimum absolute atomic E-state index is 0.474. The Bertz CT molecular complexity index is 118. The van der Waals surface area contributed by atoms with Crippen molar-refractivity contribution >= 4 is 5.84 Å². The molecule has 0 saturated heterocycles. The van der Waals surface area contributed by atoms with Crippen LogP contribution in [-0.4, -0.2) is 32.0 Å². The molecule has 0 rings (SSSR count). The van der Waals surface area contributed by atoms with Crippen molar-refractivity contribution < 1.29 is 0 Å². The normalized spacial score (nSPS) is 12.4. The second-order valence-corrected chi connectivity index (χ2v) is 2.52. The molecule has 0 radical (unpaired) electrons. The van der Waals surface area contributed by atoms with Crippen LogP contribution in [0.4, 0.5) is 0 Å². The standard InChI is InChI=1S/C7H17N3/c1-6(2)7(8-3)10(5)9-4/h6,9H,1-5H3. The number of hydrogen-bond donors (Lipinski definition) is 1. The van der Waals surface area contributed by atoms with Gasteiger partial charge in [-0.2, -0.15) is 0 Å². The summed E-state index contributed by atoms with van der Waals surface area (Å²) in [7, 11) is 5.65. The largest absolute Gasteiger partial charge is 0.299 e. The van der Waals surface area contributed by atoms with E-state index < -0.39 is 0 Å². The van der Waals surface area contributed by atoms with E-state index in [-0.39, 0.29) is 0 Å². The molecule has 0 aromatic rings. The molecule has 0 saturated carbocycles. The van der Waals surface area contributed by atoms with Crippen LogP contribution < -0.4 is 5.43 Å². The van der Waals surface area contributed by atoms with Crippen LogP contribution in [0.3, 0.4) is 0 Å². The highest BCUT2D eigenvalue weighted by Gasteiger charge is 2.06. The molecule has 0 heterocycles. The van der Waals surface area contributed by atoms with Gasteiger partial charge in [-0.05, 0) is 0 Å². The summed E-state index contributed by atoms with van der Waals surface area (Å²) in [6.45, 7) is 4.24. The van der Waals surface area contributed by atoms with E-state index in [2.05, 4.69) is 24.3 Å². The summed E-state index contributed by atoms with van der Waals surface area (Å²) in [4.78, 5) is 4.14. The topological polar surface area (TPSA) is 27.6 Å². The monoisotopic (exact) mass is 143 g/mol. The van der Waals surface area contributed by atoms with Crippen molar-refractivity contribution in [1.29, 1.82) is 0 Å². The molecule has 3 heteroatoms. The maximum Gasteiger partial charge on any atom is 0.115 e. The van der Waals surface area contributed by atoms with Gasteiger partial charge in [-0.1, -0.05) is 13.8 Å². The van der Waals surface area contributed by atoms with Crippen LogP contribution in [0.1, 0.15) is 13.8 Å². The van der Waals surface area contributed by atoms with Crippen LogP contribution in [0.15, 0.2) is 4.99 Å². The van der Waals surface area contributed by atoms with Crippen LogP contribution in [0.2, 0.25) is 0 Å². The smallest absolute Gasteiger partial charge is 0.115 e. The van der Waals surface area contributed by atoms with Gasteiger partial charge in [0.2, 0.25) is 0 Å². The predicted octanol–water partition coefficient (Wildman–Crippen LogP) is 0.737. The minimum Gasteiger partial charge on any atom is -0.299 e. The molecular formula is C7H17N3. The van der Waals surface area contributed by atoms with E-state index >= 15 is 0 Å². The summed E-state index contributed by atoms with van der Waals surface area (Å²) in [5, 5.41) is 1.92. The van der Waals surface area contributed by atoms with Crippen LogP contribution >= 0.6 is 0 Å². The number of hydrazine groups is 1. The van der Waals surface area contributed by atoms with E-state index in [0.717, 1.165) is 5.84 Å². The van der Waals surface area contributed by atoms with Gasteiger partial charge < -0.3 is 0 Å². The fraction of sp³-hybridized carbons (Fsp3) is 0.857. The van der Waals surface area contributed by atoms with Gasteiger partial charge in [0.1, 0.15) is 5.84 Å². The van der Waals surface area contributed by atoms with Crippen molar-refractivity contribution in [2.45, 2.75) is 13.8 Å². The average molecular weight is 143 g/mol. The van der Waals surface area contributed by atoms with Gasteiger partial charge in [-0.25, -0.2) is 5.43 Å². The van der Waals surface area contributed by atoms with E-state index in [1.54, 1.807) is 0 Å². The third-order valence-electron chi connectivity index (χ3n) is 1.42. The highest BCUT2D eigenvalue weighted by Crippen LogP contribution is 1.97. The number of hydrogen-bond acceptors (Lipinski definition) is 2.